The first-order valence-corrected chi connectivity index (χ1v) is 8.71. The third-order valence-electron chi connectivity index (χ3n) is 5.46. The fraction of sp³-hybridized carbons (Fsp3) is 0.500. The maximum absolute atomic E-state index is 6.25. The van der Waals surface area contributed by atoms with Crippen LogP contribution in [-0.2, 0) is 11.2 Å². The van der Waals surface area contributed by atoms with Crippen molar-refractivity contribution in [3.8, 4) is 0 Å². The Balaban J connectivity index is 1.70. The maximum atomic E-state index is 6.25. The van der Waals surface area contributed by atoms with Gasteiger partial charge in [-0.2, -0.15) is 0 Å². The molecule has 0 saturated carbocycles. The zero-order chi connectivity index (χ0) is 14.9. The summed E-state index contributed by atoms with van der Waals surface area (Å²) in [7, 11) is 0. The highest BCUT2D eigenvalue weighted by Gasteiger charge is 2.41. The van der Waals surface area contributed by atoms with E-state index in [0.29, 0.717) is 17.9 Å². The highest BCUT2D eigenvalue weighted by atomic mass is 16.5. The van der Waals surface area contributed by atoms with E-state index in [1.165, 1.54) is 29.7 Å². The molecule has 0 aromatic heterocycles. The van der Waals surface area contributed by atoms with Gasteiger partial charge in [0.25, 0.3) is 0 Å². The van der Waals surface area contributed by atoms with Crippen LogP contribution in [0, 0.1) is 11.8 Å². The Hall–Kier alpha value is -1.54. The Labute approximate surface area is 133 Å². The van der Waals surface area contributed by atoms with E-state index < -0.39 is 0 Å². The van der Waals surface area contributed by atoms with Crippen LogP contribution in [0.1, 0.15) is 43.4 Å². The Morgan fingerprint density at radius 3 is 3.05 bits per heavy atom. The third kappa shape index (κ3) is 2.40. The molecule has 4 unspecified atom stereocenters. The molecule has 1 aromatic rings. The molecule has 116 valence electrons. The fourth-order valence-electron chi connectivity index (χ4n) is 4.27. The fourth-order valence-corrected chi connectivity index (χ4v) is 4.27. The molecule has 1 N–H and O–H groups in total. The monoisotopic (exact) mass is 295 g/mol. The van der Waals surface area contributed by atoms with E-state index >= 15 is 0 Å². The number of benzene rings is 1. The molecule has 2 heterocycles. The summed E-state index contributed by atoms with van der Waals surface area (Å²) in [5.41, 5.74) is 4.08. The van der Waals surface area contributed by atoms with Crippen LogP contribution in [0.3, 0.4) is 0 Å². The van der Waals surface area contributed by atoms with Crippen molar-refractivity contribution in [1.29, 1.82) is 0 Å². The van der Waals surface area contributed by atoms with Gasteiger partial charge in [-0.1, -0.05) is 43.4 Å². The first-order valence-electron chi connectivity index (χ1n) is 8.71. The van der Waals surface area contributed by atoms with Crippen molar-refractivity contribution in [1.82, 2.24) is 0 Å². The summed E-state index contributed by atoms with van der Waals surface area (Å²) in [6, 6.07) is 7.37. The highest BCUT2D eigenvalue weighted by Crippen LogP contribution is 2.46. The van der Waals surface area contributed by atoms with Crippen molar-refractivity contribution in [3.63, 3.8) is 0 Å². The van der Waals surface area contributed by atoms with Crippen molar-refractivity contribution < 1.29 is 4.74 Å². The molecule has 3 aliphatic rings. The van der Waals surface area contributed by atoms with Gasteiger partial charge >= 0.3 is 0 Å². The molecular formula is C20H25NO. The summed E-state index contributed by atoms with van der Waals surface area (Å²) in [6.45, 7) is 3.13. The topological polar surface area (TPSA) is 21.3 Å². The molecule has 1 saturated heterocycles. The normalized spacial score (nSPS) is 33.0. The first-order chi connectivity index (χ1) is 10.9. The number of nitrogens with one attached hydrogen (secondary N) is 1. The SMILES string of the molecule is CCc1ccc2c(c1)C1OCCCC1C(C1C=CC=CC1)N2. The van der Waals surface area contributed by atoms with Crippen LogP contribution in [0.4, 0.5) is 5.69 Å². The molecule has 4 atom stereocenters. The Bertz CT molecular complexity index is 604. The van der Waals surface area contributed by atoms with Crippen LogP contribution in [-0.4, -0.2) is 12.6 Å². The number of allylic oxidation sites excluding steroid dienone is 3. The van der Waals surface area contributed by atoms with Crippen LogP contribution < -0.4 is 5.32 Å². The molecule has 1 fully saturated rings. The quantitative estimate of drug-likeness (QED) is 0.858. The molecular weight excluding hydrogens is 270 g/mol. The smallest absolute Gasteiger partial charge is 0.0892 e. The lowest BCUT2D eigenvalue weighted by atomic mass is 9.73. The van der Waals surface area contributed by atoms with Crippen LogP contribution in [0.5, 0.6) is 0 Å². The average molecular weight is 295 g/mol. The molecule has 0 spiro atoms. The number of anilines is 1. The summed E-state index contributed by atoms with van der Waals surface area (Å²) < 4.78 is 6.25. The van der Waals surface area contributed by atoms with Gasteiger partial charge in [0.15, 0.2) is 0 Å². The zero-order valence-electron chi connectivity index (χ0n) is 13.3. The van der Waals surface area contributed by atoms with E-state index in [1.807, 2.05) is 0 Å². The van der Waals surface area contributed by atoms with Crippen molar-refractivity contribution in [2.24, 2.45) is 11.8 Å². The Kier molecular flexibility index (Phi) is 3.79. The van der Waals surface area contributed by atoms with E-state index in [2.05, 4.69) is 54.7 Å². The zero-order valence-corrected chi connectivity index (χ0v) is 13.3. The number of hydrogen-bond donors (Lipinski definition) is 1. The van der Waals surface area contributed by atoms with Gasteiger partial charge in [-0.05, 0) is 37.3 Å². The molecule has 2 nitrogen and oxygen atoms in total. The number of fused-ring (bicyclic) bond motifs is 3. The van der Waals surface area contributed by atoms with Crippen LogP contribution in [0.25, 0.3) is 0 Å². The largest absolute Gasteiger partial charge is 0.381 e. The first kappa shape index (κ1) is 14.1. The second-order valence-electron chi connectivity index (χ2n) is 6.76. The lowest BCUT2D eigenvalue weighted by molar-refractivity contribution is -0.0418. The Morgan fingerprint density at radius 1 is 1.27 bits per heavy atom. The van der Waals surface area contributed by atoms with E-state index in [1.54, 1.807) is 0 Å². The van der Waals surface area contributed by atoms with Gasteiger partial charge in [0, 0.05) is 35.7 Å². The van der Waals surface area contributed by atoms with Crippen molar-refractivity contribution in [2.45, 2.75) is 44.8 Å². The standard InChI is InChI=1S/C20H25NO/c1-2-14-10-11-18-17(13-14)20-16(9-6-12-22-20)19(21-18)15-7-4-3-5-8-15/h3-5,7,10-11,13,15-16,19-21H,2,6,8-9,12H2,1H3. The minimum absolute atomic E-state index is 0.279. The van der Waals surface area contributed by atoms with Gasteiger partial charge in [-0.25, -0.2) is 0 Å². The van der Waals surface area contributed by atoms with Crippen LogP contribution >= 0.6 is 0 Å². The average Bonchev–Trinajstić information content (AvgIpc) is 2.61. The summed E-state index contributed by atoms with van der Waals surface area (Å²) in [6.07, 6.45) is 14.0. The molecule has 0 amide bonds. The van der Waals surface area contributed by atoms with Gasteiger partial charge in [0.2, 0.25) is 0 Å². The van der Waals surface area contributed by atoms with E-state index in [-0.39, 0.29) is 6.10 Å². The second-order valence-corrected chi connectivity index (χ2v) is 6.76. The molecule has 0 bridgehead atoms. The summed E-state index contributed by atoms with van der Waals surface area (Å²) in [5.74, 6) is 1.17. The lowest BCUT2D eigenvalue weighted by Gasteiger charge is -2.45. The number of hydrogen-bond acceptors (Lipinski definition) is 2. The van der Waals surface area contributed by atoms with E-state index in [0.717, 1.165) is 19.4 Å². The molecule has 2 heteroatoms. The maximum Gasteiger partial charge on any atom is 0.0892 e. The number of aryl methyl sites for hydroxylation is 1. The van der Waals surface area contributed by atoms with Crippen LogP contribution in [0.2, 0.25) is 0 Å². The van der Waals surface area contributed by atoms with Gasteiger partial charge < -0.3 is 10.1 Å². The molecule has 0 radical (unpaired) electrons. The van der Waals surface area contributed by atoms with Crippen molar-refractivity contribution in [2.75, 3.05) is 11.9 Å². The van der Waals surface area contributed by atoms with Gasteiger partial charge in [-0.15, -0.1) is 0 Å². The predicted octanol–water partition coefficient (Wildman–Crippen LogP) is 4.64. The van der Waals surface area contributed by atoms with E-state index in [4.69, 9.17) is 4.74 Å². The molecule has 22 heavy (non-hydrogen) atoms. The van der Waals surface area contributed by atoms with Gasteiger partial charge in [-0.3, -0.25) is 0 Å². The summed E-state index contributed by atoms with van der Waals surface area (Å²) in [5, 5.41) is 3.85. The Morgan fingerprint density at radius 2 is 2.23 bits per heavy atom. The van der Waals surface area contributed by atoms with Gasteiger partial charge in [0.05, 0.1) is 6.10 Å². The predicted molar refractivity (Wildman–Crippen MR) is 91.0 cm³/mol. The minimum atomic E-state index is 0.279. The molecule has 1 aliphatic carbocycles. The minimum Gasteiger partial charge on any atom is -0.381 e. The second kappa shape index (κ2) is 5.92. The van der Waals surface area contributed by atoms with E-state index in [9.17, 15) is 0 Å². The molecule has 4 rings (SSSR count). The molecule has 1 aromatic carbocycles. The van der Waals surface area contributed by atoms with Crippen molar-refractivity contribution >= 4 is 5.69 Å². The van der Waals surface area contributed by atoms with Gasteiger partial charge in [0.1, 0.15) is 0 Å². The van der Waals surface area contributed by atoms with Crippen LogP contribution in [0.15, 0.2) is 42.5 Å². The molecule has 2 aliphatic heterocycles. The summed E-state index contributed by atoms with van der Waals surface area (Å²) >= 11 is 0. The van der Waals surface area contributed by atoms with Crippen molar-refractivity contribution in [3.05, 3.63) is 53.6 Å². The summed E-state index contributed by atoms with van der Waals surface area (Å²) in [4.78, 5) is 0. The highest BCUT2D eigenvalue weighted by molar-refractivity contribution is 5.57. The third-order valence-corrected chi connectivity index (χ3v) is 5.46. The number of rotatable bonds is 2. The number of ether oxygens (including phenoxy) is 1. The lowest BCUT2D eigenvalue weighted by Crippen LogP contribution is -2.45.